The van der Waals surface area contributed by atoms with Crippen LogP contribution in [-0.2, 0) is 16.0 Å². The van der Waals surface area contributed by atoms with Crippen molar-refractivity contribution in [1.29, 1.82) is 0 Å². The minimum Gasteiger partial charge on any atom is -0.488 e. The fourth-order valence-electron chi connectivity index (χ4n) is 7.82. The Bertz CT molecular complexity index is 1750. The van der Waals surface area contributed by atoms with E-state index in [9.17, 15) is 24.0 Å². The predicted molar refractivity (Wildman–Crippen MR) is 178 cm³/mol. The van der Waals surface area contributed by atoms with E-state index >= 15 is 0 Å². The maximum Gasteiger partial charge on any atom is 0.273 e. The van der Waals surface area contributed by atoms with E-state index in [-0.39, 0.29) is 30.4 Å². The third kappa shape index (κ3) is 5.76. The summed E-state index contributed by atoms with van der Waals surface area (Å²) in [4.78, 5) is 76.9. The number of amides is 5. The van der Waals surface area contributed by atoms with Crippen molar-refractivity contribution in [2.45, 2.75) is 57.6 Å². The minimum absolute atomic E-state index is 0.0404. The lowest BCUT2D eigenvalue weighted by molar-refractivity contribution is -0.146. The number of fused-ring (bicyclic) bond motifs is 2. The second-order valence-electron chi connectivity index (χ2n) is 13.0. The molecular formula is C36H39N5O6S. The van der Waals surface area contributed by atoms with Crippen molar-refractivity contribution < 1.29 is 28.7 Å². The van der Waals surface area contributed by atoms with Gasteiger partial charge >= 0.3 is 0 Å². The van der Waals surface area contributed by atoms with Crippen LogP contribution in [0.5, 0.6) is 5.75 Å². The molecule has 3 aliphatic heterocycles. The molecule has 2 aromatic carbocycles. The van der Waals surface area contributed by atoms with E-state index in [1.54, 1.807) is 46.5 Å². The minimum atomic E-state index is -0.677. The van der Waals surface area contributed by atoms with Gasteiger partial charge in [-0.3, -0.25) is 28.9 Å². The Balaban J connectivity index is 1.21. The molecule has 0 bridgehead atoms. The molecule has 3 aromatic rings. The zero-order valence-electron chi connectivity index (χ0n) is 27.1. The first kappa shape index (κ1) is 32.0. The molecule has 12 heteroatoms. The van der Waals surface area contributed by atoms with E-state index in [0.29, 0.717) is 67.9 Å². The van der Waals surface area contributed by atoms with Gasteiger partial charge in [-0.25, -0.2) is 4.98 Å². The molecule has 0 spiro atoms. The van der Waals surface area contributed by atoms with Gasteiger partial charge in [0.1, 0.15) is 17.5 Å². The first-order chi connectivity index (χ1) is 23.2. The normalized spacial score (nSPS) is 23.6. The van der Waals surface area contributed by atoms with Gasteiger partial charge in [0.25, 0.3) is 17.7 Å². The first-order valence-corrected chi connectivity index (χ1v) is 17.6. The van der Waals surface area contributed by atoms with Crippen LogP contribution in [0.25, 0.3) is 0 Å². The zero-order valence-corrected chi connectivity index (χ0v) is 28.0. The summed E-state index contributed by atoms with van der Waals surface area (Å²) in [6, 6.07) is 11.9. The average molecular weight is 670 g/mol. The van der Waals surface area contributed by atoms with Gasteiger partial charge in [0.05, 0.1) is 35.3 Å². The first-order valence-electron chi connectivity index (χ1n) is 16.7. The highest BCUT2D eigenvalue weighted by Crippen LogP contribution is 2.42. The van der Waals surface area contributed by atoms with Gasteiger partial charge in [-0.1, -0.05) is 37.1 Å². The summed E-state index contributed by atoms with van der Waals surface area (Å²) < 4.78 is 6.65. The molecule has 4 atom stereocenters. The van der Waals surface area contributed by atoms with Crippen LogP contribution in [0, 0.1) is 18.8 Å². The van der Waals surface area contributed by atoms with Crippen molar-refractivity contribution in [3.05, 3.63) is 80.8 Å². The molecule has 4 heterocycles. The fourth-order valence-corrected chi connectivity index (χ4v) is 8.41. The number of imide groups is 1. The molecule has 0 radical (unpaired) electrons. The van der Waals surface area contributed by atoms with E-state index in [2.05, 4.69) is 10.3 Å². The number of carbonyl (C=O) groups excluding carboxylic acids is 5. The van der Waals surface area contributed by atoms with Gasteiger partial charge in [0.2, 0.25) is 11.8 Å². The number of ether oxygens (including phenoxy) is 1. The molecule has 1 saturated heterocycles. The fraction of sp³-hybridized carbons (Fsp3) is 0.444. The summed E-state index contributed by atoms with van der Waals surface area (Å²) in [5.41, 5.74) is 2.87. The van der Waals surface area contributed by atoms with Crippen molar-refractivity contribution in [3.63, 3.8) is 0 Å². The topological polar surface area (TPSA) is 129 Å². The maximum absolute atomic E-state index is 14.5. The molecule has 5 amide bonds. The standard InChI is InChI=1S/C36H39N5O6S/c1-21-38-28(20-48-21)36(46)39-16-15-23(18-39)47-30-13-7-8-22-14-17-40(33(43)25-10-4-3-9-24(25)32(42)37-2)29(31(22)30)19-41-34(44)26-11-5-6-12-27(26)35(41)45/h5-8,11-13,20,23-25,29H,3-4,9-10,14-19H2,1-2H3,(H,37,42)/t23?,24?,25?,29-/m1/s1. The Morgan fingerprint density at radius 1 is 0.958 bits per heavy atom. The molecule has 4 aliphatic rings. The highest BCUT2D eigenvalue weighted by molar-refractivity contribution is 7.09. The number of carbonyl (C=O) groups is 5. The number of rotatable bonds is 7. The molecule has 1 saturated carbocycles. The van der Waals surface area contributed by atoms with Gasteiger partial charge in [-0.2, -0.15) is 0 Å². The molecule has 7 rings (SSSR count). The number of aromatic nitrogens is 1. The molecule has 3 unspecified atom stereocenters. The number of benzene rings is 2. The third-order valence-electron chi connectivity index (χ3n) is 10.2. The summed E-state index contributed by atoms with van der Waals surface area (Å²) >= 11 is 1.44. The molecule has 1 N–H and O–H groups in total. The van der Waals surface area contributed by atoms with Gasteiger partial charge in [-0.15, -0.1) is 11.3 Å². The van der Waals surface area contributed by atoms with Crippen molar-refractivity contribution >= 4 is 40.9 Å². The van der Waals surface area contributed by atoms with Gasteiger partial charge in [0, 0.05) is 49.3 Å². The van der Waals surface area contributed by atoms with Gasteiger partial charge < -0.3 is 19.9 Å². The lowest BCUT2D eigenvalue weighted by atomic mass is 9.77. The number of nitrogens with zero attached hydrogens (tertiary/aromatic N) is 4. The Hall–Kier alpha value is -4.58. The highest BCUT2D eigenvalue weighted by Gasteiger charge is 2.45. The highest BCUT2D eigenvalue weighted by atomic mass is 32.1. The summed E-state index contributed by atoms with van der Waals surface area (Å²) in [5, 5.41) is 5.35. The van der Waals surface area contributed by atoms with Gasteiger partial charge in [0.15, 0.2) is 0 Å². The van der Waals surface area contributed by atoms with E-state index < -0.39 is 29.7 Å². The van der Waals surface area contributed by atoms with Crippen LogP contribution in [0.3, 0.4) is 0 Å². The van der Waals surface area contributed by atoms with E-state index in [0.717, 1.165) is 29.0 Å². The Morgan fingerprint density at radius 2 is 1.69 bits per heavy atom. The Kier molecular flexibility index (Phi) is 8.76. The van der Waals surface area contributed by atoms with Crippen LogP contribution in [0.1, 0.15) is 85.5 Å². The molecule has 250 valence electrons. The summed E-state index contributed by atoms with van der Waals surface area (Å²) in [7, 11) is 1.60. The summed E-state index contributed by atoms with van der Waals surface area (Å²) in [5.74, 6) is -1.55. The van der Waals surface area contributed by atoms with Crippen LogP contribution in [0.4, 0.5) is 0 Å². The van der Waals surface area contributed by atoms with Crippen LogP contribution in [-0.4, -0.2) is 88.6 Å². The molecule has 48 heavy (non-hydrogen) atoms. The number of aryl methyl sites for hydroxylation is 1. The Labute approximate surface area is 283 Å². The zero-order chi connectivity index (χ0) is 33.5. The summed E-state index contributed by atoms with van der Waals surface area (Å²) in [6.07, 6.45) is 3.86. The smallest absolute Gasteiger partial charge is 0.273 e. The molecule has 2 fully saturated rings. The van der Waals surface area contributed by atoms with Crippen molar-refractivity contribution in [2.75, 3.05) is 33.2 Å². The van der Waals surface area contributed by atoms with E-state index in [4.69, 9.17) is 4.74 Å². The second-order valence-corrected chi connectivity index (χ2v) is 14.1. The number of hydrogen-bond donors (Lipinski definition) is 1. The second kappa shape index (κ2) is 13.1. The lowest BCUT2D eigenvalue weighted by Gasteiger charge is -2.43. The van der Waals surface area contributed by atoms with E-state index in [1.807, 2.05) is 25.1 Å². The van der Waals surface area contributed by atoms with Crippen LogP contribution < -0.4 is 10.1 Å². The molecule has 1 aliphatic carbocycles. The van der Waals surface area contributed by atoms with Crippen LogP contribution in [0.2, 0.25) is 0 Å². The van der Waals surface area contributed by atoms with Crippen molar-refractivity contribution in [2.24, 2.45) is 11.8 Å². The number of nitrogens with one attached hydrogen (secondary N) is 1. The lowest BCUT2D eigenvalue weighted by Crippen LogP contribution is -2.51. The number of thiazole rings is 1. The maximum atomic E-state index is 14.5. The quantitative estimate of drug-likeness (QED) is 0.377. The molecular weight excluding hydrogens is 630 g/mol. The van der Waals surface area contributed by atoms with Gasteiger partial charge in [-0.05, 0) is 49.9 Å². The predicted octanol–water partition coefficient (Wildman–Crippen LogP) is 4.02. The Morgan fingerprint density at radius 3 is 2.38 bits per heavy atom. The molecule has 11 nitrogen and oxygen atoms in total. The van der Waals surface area contributed by atoms with E-state index in [1.165, 1.54) is 16.2 Å². The van der Waals surface area contributed by atoms with Crippen molar-refractivity contribution in [3.8, 4) is 5.75 Å². The third-order valence-corrected chi connectivity index (χ3v) is 11.0. The van der Waals surface area contributed by atoms with Crippen molar-refractivity contribution in [1.82, 2.24) is 25.0 Å². The number of likely N-dealkylation sites (tertiary alicyclic amines) is 1. The average Bonchev–Trinajstić information content (AvgIpc) is 3.83. The molecule has 1 aromatic heterocycles. The SMILES string of the molecule is CNC(=O)C1CCCCC1C(=O)N1CCc2cccc(OC3CCN(C(=O)c4csc(C)n4)C3)c2[C@H]1CN1C(=O)c2ccccc2C1=O. The number of hydrogen-bond acceptors (Lipinski definition) is 8. The monoisotopic (exact) mass is 669 g/mol. The largest absolute Gasteiger partial charge is 0.488 e. The van der Waals surface area contributed by atoms with Crippen LogP contribution in [0.15, 0.2) is 47.8 Å². The summed E-state index contributed by atoms with van der Waals surface area (Å²) in [6.45, 7) is 3.14. The van der Waals surface area contributed by atoms with Crippen LogP contribution >= 0.6 is 11.3 Å².